The molecule has 0 radical (unpaired) electrons. The summed E-state index contributed by atoms with van der Waals surface area (Å²) in [5.41, 5.74) is 5.16. The van der Waals surface area contributed by atoms with E-state index in [1.165, 1.54) is 4.68 Å². The third kappa shape index (κ3) is 5.50. The average molecular weight is 505 g/mol. The molecule has 1 heterocycles. The molecular weight excluding hydrogens is 480 g/mol. The molecule has 0 fully saturated rings. The first-order chi connectivity index (χ1) is 17.4. The summed E-state index contributed by atoms with van der Waals surface area (Å²) in [7, 11) is 0. The Bertz CT molecular complexity index is 1430. The fourth-order valence-corrected chi connectivity index (χ4v) is 3.93. The number of amides is 3. The Kier molecular flexibility index (Phi) is 7.56. The van der Waals surface area contributed by atoms with Crippen LogP contribution in [0, 0.1) is 0 Å². The molecule has 36 heavy (non-hydrogen) atoms. The number of para-hydroxylation sites is 1. The van der Waals surface area contributed by atoms with Crippen LogP contribution in [0.1, 0.15) is 29.9 Å². The molecule has 1 aromatic heterocycles. The molecule has 184 valence electrons. The van der Waals surface area contributed by atoms with Gasteiger partial charge in [-0.1, -0.05) is 36.7 Å². The van der Waals surface area contributed by atoms with Crippen LogP contribution in [0.3, 0.4) is 0 Å². The number of hydrogen-bond acceptors (Lipinski definition) is 4. The lowest BCUT2D eigenvalue weighted by Crippen LogP contribution is -2.36. The number of rotatable bonds is 7. The number of carbonyl (C=O) groups excluding carboxylic acids is 3. The zero-order valence-corrected chi connectivity index (χ0v) is 20.6. The van der Waals surface area contributed by atoms with Crippen molar-refractivity contribution in [2.24, 2.45) is 0 Å². The summed E-state index contributed by atoms with van der Waals surface area (Å²) in [5.74, 6) is -1.58. The lowest BCUT2D eigenvalue weighted by Gasteiger charge is -2.14. The zero-order valence-electron chi connectivity index (χ0n) is 19.8. The topological polar surface area (TPSA) is 101 Å². The average Bonchev–Trinajstić information content (AvgIpc) is 3.23. The molecule has 0 unspecified atom stereocenters. The molecule has 3 N–H and O–H groups in total. The number of carbonyl (C=O) groups is 3. The molecule has 0 saturated carbocycles. The minimum absolute atomic E-state index is 0.122. The van der Waals surface area contributed by atoms with E-state index in [9.17, 15) is 14.4 Å². The van der Waals surface area contributed by atoms with E-state index in [-0.39, 0.29) is 5.69 Å². The van der Waals surface area contributed by atoms with Crippen molar-refractivity contribution in [3.63, 3.8) is 0 Å². The largest absolute Gasteiger partial charge is 0.494 e. The normalized spacial score (nSPS) is 10.6. The molecule has 0 saturated heterocycles. The molecule has 0 bridgehead atoms. The number of nitrogens with zero attached hydrogens (tertiary/aromatic N) is 1. The van der Waals surface area contributed by atoms with Crippen molar-refractivity contribution in [3.8, 4) is 5.75 Å². The van der Waals surface area contributed by atoms with Crippen molar-refractivity contribution < 1.29 is 19.1 Å². The first-order valence-electron chi connectivity index (χ1n) is 11.4. The molecule has 0 atom stereocenters. The Balaban J connectivity index is 1.59. The summed E-state index contributed by atoms with van der Waals surface area (Å²) in [6, 6.07) is 20.7. The third-order valence-electron chi connectivity index (χ3n) is 5.49. The number of fused-ring (bicyclic) bond motifs is 1. The smallest absolute Gasteiger partial charge is 0.328 e. The summed E-state index contributed by atoms with van der Waals surface area (Å²) in [4.78, 5) is 38.7. The van der Waals surface area contributed by atoms with Gasteiger partial charge in [-0.05, 0) is 73.5 Å². The second-order valence-electron chi connectivity index (χ2n) is 7.89. The fraction of sp³-hybridized carbons (Fsp3) is 0.148. The molecule has 0 aliphatic rings. The van der Waals surface area contributed by atoms with E-state index in [1.54, 1.807) is 60.7 Å². The highest BCUT2D eigenvalue weighted by atomic mass is 35.5. The highest BCUT2D eigenvalue weighted by Crippen LogP contribution is 2.24. The molecule has 3 aromatic carbocycles. The summed E-state index contributed by atoms with van der Waals surface area (Å²) in [5, 5.41) is 6.53. The van der Waals surface area contributed by atoms with E-state index >= 15 is 0 Å². The Morgan fingerprint density at radius 2 is 1.64 bits per heavy atom. The number of aryl methyl sites for hydroxylation is 1. The minimum Gasteiger partial charge on any atom is -0.494 e. The van der Waals surface area contributed by atoms with Crippen LogP contribution in [0.5, 0.6) is 5.75 Å². The summed E-state index contributed by atoms with van der Waals surface area (Å²) < 4.78 is 6.71. The number of halogens is 1. The van der Waals surface area contributed by atoms with E-state index in [0.717, 1.165) is 5.56 Å². The Morgan fingerprint density at radius 1 is 0.889 bits per heavy atom. The quantitative estimate of drug-likeness (QED) is 0.300. The van der Waals surface area contributed by atoms with Crippen molar-refractivity contribution in [1.29, 1.82) is 0 Å². The van der Waals surface area contributed by atoms with Gasteiger partial charge < -0.3 is 15.4 Å². The van der Waals surface area contributed by atoms with Gasteiger partial charge in [-0.25, -0.2) is 4.68 Å². The molecular formula is C27H25ClN4O4. The second-order valence-corrected chi connectivity index (χ2v) is 8.32. The van der Waals surface area contributed by atoms with Gasteiger partial charge in [-0.15, -0.1) is 0 Å². The number of anilines is 2. The van der Waals surface area contributed by atoms with Crippen LogP contribution in [-0.2, 0) is 16.0 Å². The van der Waals surface area contributed by atoms with E-state index in [4.69, 9.17) is 16.3 Å². The standard InChI is InChI=1S/C27H25ClN4O4/c1-3-17-7-5-6-8-22(17)30-26(34)27(35)31-32-23-14-9-19(28)15-18(23)16-24(32)25(33)29-20-10-12-21(13-11-20)36-4-2/h5-16H,3-4H2,1-2H3,(H,29,33)(H,30,34)(H,31,35). The van der Waals surface area contributed by atoms with Crippen LogP contribution in [0.15, 0.2) is 72.8 Å². The van der Waals surface area contributed by atoms with Crippen molar-refractivity contribution >= 4 is 51.6 Å². The van der Waals surface area contributed by atoms with Gasteiger partial charge in [0.25, 0.3) is 5.91 Å². The van der Waals surface area contributed by atoms with Gasteiger partial charge in [-0.3, -0.25) is 19.8 Å². The Labute approximate surface area is 213 Å². The highest BCUT2D eigenvalue weighted by Gasteiger charge is 2.21. The lowest BCUT2D eigenvalue weighted by atomic mass is 10.1. The van der Waals surface area contributed by atoms with Crippen molar-refractivity contribution in [3.05, 3.63) is 89.1 Å². The maximum atomic E-state index is 13.2. The van der Waals surface area contributed by atoms with Crippen molar-refractivity contribution in [1.82, 2.24) is 4.68 Å². The highest BCUT2D eigenvalue weighted by molar-refractivity contribution is 6.42. The van der Waals surface area contributed by atoms with Gasteiger partial charge in [0.1, 0.15) is 11.4 Å². The van der Waals surface area contributed by atoms with Crippen molar-refractivity contribution in [2.75, 3.05) is 22.7 Å². The molecule has 0 aliphatic carbocycles. The number of aromatic nitrogens is 1. The van der Waals surface area contributed by atoms with Gasteiger partial charge >= 0.3 is 11.8 Å². The second kappa shape index (κ2) is 11.0. The molecule has 3 amide bonds. The number of benzene rings is 3. The molecule has 4 aromatic rings. The monoisotopic (exact) mass is 504 g/mol. The number of hydrogen-bond donors (Lipinski definition) is 3. The Morgan fingerprint density at radius 3 is 2.36 bits per heavy atom. The third-order valence-corrected chi connectivity index (χ3v) is 5.72. The first kappa shape index (κ1) is 24.8. The Hall–Kier alpha value is -4.30. The van der Waals surface area contributed by atoms with Crippen LogP contribution >= 0.6 is 11.6 Å². The van der Waals surface area contributed by atoms with Gasteiger partial charge in [0, 0.05) is 21.8 Å². The van der Waals surface area contributed by atoms with Crippen LogP contribution < -0.4 is 20.8 Å². The van der Waals surface area contributed by atoms with E-state index in [1.807, 2.05) is 26.0 Å². The minimum atomic E-state index is -0.927. The lowest BCUT2D eigenvalue weighted by molar-refractivity contribution is -0.133. The van der Waals surface area contributed by atoms with E-state index in [2.05, 4.69) is 16.1 Å². The SMILES string of the molecule is CCOc1ccc(NC(=O)c2cc3cc(Cl)ccc3n2NC(=O)C(=O)Nc2ccccc2CC)cc1. The van der Waals surface area contributed by atoms with Crippen LogP contribution in [0.25, 0.3) is 10.9 Å². The zero-order chi connectivity index (χ0) is 25.7. The van der Waals surface area contributed by atoms with Gasteiger partial charge in [-0.2, -0.15) is 0 Å². The number of ether oxygens (including phenoxy) is 1. The maximum absolute atomic E-state index is 13.2. The van der Waals surface area contributed by atoms with Gasteiger partial charge in [0.15, 0.2) is 0 Å². The predicted molar refractivity (Wildman–Crippen MR) is 141 cm³/mol. The van der Waals surface area contributed by atoms with Gasteiger partial charge in [0.05, 0.1) is 12.1 Å². The first-order valence-corrected chi connectivity index (χ1v) is 11.8. The number of nitrogens with one attached hydrogen (secondary N) is 3. The van der Waals surface area contributed by atoms with Gasteiger partial charge in [0.2, 0.25) is 0 Å². The van der Waals surface area contributed by atoms with Crippen LogP contribution in [0.2, 0.25) is 5.02 Å². The summed E-state index contributed by atoms with van der Waals surface area (Å²) in [6.07, 6.45) is 0.691. The van der Waals surface area contributed by atoms with E-state index < -0.39 is 17.7 Å². The predicted octanol–water partition coefficient (Wildman–Crippen LogP) is 5.22. The van der Waals surface area contributed by atoms with Crippen LogP contribution in [0.4, 0.5) is 11.4 Å². The van der Waals surface area contributed by atoms with Crippen molar-refractivity contribution in [2.45, 2.75) is 20.3 Å². The maximum Gasteiger partial charge on any atom is 0.328 e. The summed E-state index contributed by atoms with van der Waals surface area (Å²) in [6.45, 7) is 4.38. The van der Waals surface area contributed by atoms with E-state index in [0.29, 0.717) is 46.1 Å². The fourth-order valence-electron chi connectivity index (χ4n) is 3.75. The molecule has 9 heteroatoms. The molecule has 4 rings (SSSR count). The molecule has 0 aliphatic heterocycles. The molecule has 0 spiro atoms. The molecule has 8 nitrogen and oxygen atoms in total. The summed E-state index contributed by atoms with van der Waals surface area (Å²) >= 11 is 6.13. The van der Waals surface area contributed by atoms with Crippen LogP contribution in [-0.4, -0.2) is 29.0 Å².